The lowest BCUT2D eigenvalue weighted by atomic mass is 10.2. The van der Waals surface area contributed by atoms with Gasteiger partial charge in [-0.25, -0.2) is 0 Å². The molecule has 5 heteroatoms. The van der Waals surface area contributed by atoms with Gasteiger partial charge in [0.2, 0.25) is 5.75 Å². The molecule has 1 aromatic carbocycles. The summed E-state index contributed by atoms with van der Waals surface area (Å²) in [5.74, 6) is 0.942. The van der Waals surface area contributed by atoms with Crippen molar-refractivity contribution in [2.45, 2.75) is 19.4 Å². The van der Waals surface area contributed by atoms with Crippen LogP contribution in [0, 0.1) is 0 Å². The molecule has 1 saturated heterocycles. The molecule has 1 aliphatic rings. The van der Waals surface area contributed by atoms with E-state index in [1.807, 2.05) is 12.1 Å². The molecule has 20 heavy (non-hydrogen) atoms. The van der Waals surface area contributed by atoms with E-state index < -0.39 is 0 Å². The molecule has 2 rings (SSSR count). The third-order valence-corrected chi connectivity index (χ3v) is 3.67. The van der Waals surface area contributed by atoms with Crippen LogP contribution in [0.25, 0.3) is 0 Å². The minimum absolute atomic E-state index is 0.0517. The van der Waals surface area contributed by atoms with Gasteiger partial charge in [0.25, 0.3) is 0 Å². The summed E-state index contributed by atoms with van der Waals surface area (Å²) in [6.07, 6.45) is 2.65. The Kier molecular flexibility index (Phi) is 5.49. The SMILES string of the molecule is COc1cc(CNCCN2CCCC2)cc(OC)c1O. The minimum Gasteiger partial charge on any atom is -0.502 e. The van der Waals surface area contributed by atoms with Crippen molar-refractivity contribution < 1.29 is 14.6 Å². The molecule has 1 fully saturated rings. The molecule has 0 unspecified atom stereocenters. The number of methoxy groups -OCH3 is 2. The van der Waals surface area contributed by atoms with Crippen molar-refractivity contribution in [3.05, 3.63) is 17.7 Å². The van der Waals surface area contributed by atoms with Gasteiger partial charge in [-0.05, 0) is 43.6 Å². The van der Waals surface area contributed by atoms with Gasteiger partial charge in [-0.15, -0.1) is 0 Å². The number of nitrogens with zero attached hydrogens (tertiary/aromatic N) is 1. The molecule has 0 aliphatic carbocycles. The number of phenols is 1. The van der Waals surface area contributed by atoms with Crippen LogP contribution < -0.4 is 14.8 Å². The maximum Gasteiger partial charge on any atom is 0.200 e. The number of ether oxygens (including phenoxy) is 2. The molecule has 1 aliphatic heterocycles. The highest BCUT2D eigenvalue weighted by Gasteiger charge is 2.12. The minimum atomic E-state index is 0.0517. The Balaban J connectivity index is 1.85. The van der Waals surface area contributed by atoms with E-state index in [4.69, 9.17) is 9.47 Å². The molecule has 5 nitrogen and oxygen atoms in total. The molecule has 112 valence electrons. The zero-order chi connectivity index (χ0) is 14.4. The van der Waals surface area contributed by atoms with Crippen LogP contribution in [-0.2, 0) is 6.54 Å². The van der Waals surface area contributed by atoms with Gasteiger partial charge in [0.15, 0.2) is 11.5 Å². The van der Waals surface area contributed by atoms with Gasteiger partial charge < -0.3 is 24.8 Å². The van der Waals surface area contributed by atoms with Gasteiger partial charge in [-0.3, -0.25) is 0 Å². The maximum atomic E-state index is 9.85. The lowest BCUT2D eigenvalue weighted by molar-refractivity contribution is 0.333. The molecule has 1 heterocycles. The van der Waals surface area contributed by atoms with E-state index in [2.05, 4.69) is 10.2 Å². The molecule has 0 aromatic heterocycles. The molecule has 0 amide bonds. The predicted octanol–water partition coefficient (Wildman–Crippen LogP) is 1.59. The number of phenolic OH excluding ortho intramolecular Hbond substituents is 1. The Bertz CT molecular complexity index is 406. The van der Waals surface area contributed by atoms with Crippen molar-refractivity contribution in [1.82, 2.24) is 10.2 Å². The zero-order valence-electron chi connectivity index (χ0n) is 12.3. The summed E-state index contributed by atoms with van der Waals surface area (Å²) in [4.78, 5) is 2.48. The average Bonchev–Trinajstić information content (AvgIpc) is 2.98. The number of hydrogen-bond acceptors (Lipinski definition) is 5. The van der Waals surface area contributed by atoms with Crippen molar-refractivity contribution in [2.75, 3.05) is 40.4 Å². The van der Waals surface area contributed by atoms with Crippen molar-refractivity contribution in [1.29, 1.82) is 0 Å². The van der Waals surface area contributed by atoms with Gasteiger partial charge in [-0.2, -0.15) is 0 Å². The number of aromatic hydroxyl groups is 1. The standard InChI is InChI=1S/C15H24N2O3/c1-19-13-9-12(10-14(20-2)15(13)18)11-16-5-8-17-6-3-4-7-17/h9-10,16,18H,3-8,11H2,1-2H3. The van der Waals surface area contributed by atoms with Crippen LogP contribution in [-0.4, -0.2) is 50.4 Å². The number of hydrogen-bond donors (Lipinski definition) is 2. The van der Waals surface area contributed by atoms with Crippen LogP contribution in [0.2, 0.25) is 0 Å². The Morgan fingerprint density at radius 2 is 1.75 bits per heavy atom. The van der Waals surface area contributed by atoms with Crippen LogP contribution in [0.1, 0.15) is 18.4 Å². The summed E-state index contributed by atoms with van der Waals surface area (Å²) in [6, 6.07) is 3.67. The van der Waals surface area contributed by atoms with E-state index in [9.17, 15) is 5.11 Å². The second-order valence-electron chi connectivity index (χ2n) is 5.07. The van der Waals surface area contributed by atoms with Crippen LogP contribution in [0.4, 0.5) is 0 Å². The lowest BCUT2D eigenvalue weighted by Gasteiger charge is -2.15. The molecule has 2 N–H and O–H groups in total. The number of rotatable bonds is 7. The molecule has 0 spiro atoms. The monoisotopic (exact) mass is 280 g/mol. The molecular formula is C15H24N2O3. The van der Waals surface area contributed by atoms with E-state index in [1.165, 1.54) is 25.9 Å². The van der Waals surface area contributed by atoms with Crippen LogP contribution in [0.5, 0.6) is 17.2 Å². The fraction of sp³-hybridized carbons (Fsp3) is 0.600. The van der Waals surface area contributed by atoms with Gasteiger partial charge in [0.1, 0.15) is 0 Å². The molecule has 0 bridgehead atoms. The second kappa shape index (κ2) is 7.36. The number of likely N-dealkylation sites (tertiary alicyclic amines) is 1. The first kappa shape index (κ1) is 14.9. The van der Waals surface area contributed by atoms with E-state index in [1.54, 1.807) is 14.2 Å². The van der Waals surface area contributed by atoms with Crippen molar-refractivity contribution in [3.8, 4) is 17.2 Å². The van der Waals surface area contributed by atoms with Gasteiger partial charge in [-0.1, -0.05) is 0 Å². The Hall–Kier alpha value is -1.46. The quantitative estimate of drug-likeness (QED) is 0.743. The largest absolute Gasteiger partial charge is 0.502 e. The molecular weight excluding hydrogens is 256 g/mol. The molecule has 0 atom stereocenters. The highest BCUT2D eigenvalue weighted by atomic mass is 16.5. The van der Waals surface area contributed by atoms with Crippen LogP contribution >= 0.6 is 0 Å². The lowest BCUT2D eigenvalue weighted by Crippen LogP contribution is -2.29. The van der Waals surface area contributed by atoms with Gasteiger partial charge in [0, 0.05) is 19.6 Å². The van der Waals surface area contributed by atoms with E-state index in [0.29, 0.717) is 11.5 Å². The Labute approximate surface area is 120 Å². The summed E-state index contributed by atoms with van der Waals surface area (Å²) >= 11 is 0. The fourth-order valence-corrected chi connectivity index (χ4v) is 2.53. The Morgan fingerprint density at radius 1 is 1.15 bits per heavy atom. The van der Waals surface area contributed by atoms with E-state index >= 15 is 0 Å². The maximum absolute atomic E-state index is 9.85. The normalized spacial score (nSPS) is 15.5. The van der Waals surface area contributed by atoms with E-state index in [0.717, 1.165) is 25.2 Å². The first-order chi connectivity index (χ1) is 9.74. The summed E-state index contributed by atoms with van der Waals surface area (Å²) < 4.78 is 10.3. The number of benzene rings is 1. The second-order valence-corrected chi connectivity index (χ2v) is 5.07. The smallest absolute Gasteiger partial charge is 0.200 e. The zero-order valence-corrected chi connectivity index (χ0v) is 12.3. The third-order valence-electron chi connectivity index (χ3n) is 3.67. The summed E-state index contributed by atoms with van der Waals surface area (Å²) in [7, 11) is 3.08. The third kappa shape index (κ3) is 3.77. The Morgan fingerprint density at radius 3 is 2.30 bits per heavy atom. The first-order valence-corrected chi connectivity index (χ1v) is 7.11. The first-order valence-electron chi connectivity index (χ1n) is 7.11. The van der Waals surface area contributed by atoms with E-state index in [-0.39, 0.29) is 5.75 Å². The molecule has 1 aromatic rings. The van der Waals surface area contributed by atoms with Gasteiger partial charge >= 0.3 is 0 Å². The van der Waals surface area contributed by atoms with Gasteiger partial charge in [0.05, 0.1) is 14.2 Å². The molecule has 0 radical (unpaired) electrons. The average molecular weight is 280 g/mol. The number of nitrogens with one attached hydrogen (secondary N) is 1. The van der Waals surface area contributed by atoms with Crippen LogP contribution in [0.15, 0.2) is 12.1 Å². The highest BCUT2D eigenvalue weighted by molar-refractivity contribution is 5.52. The predicted molar refractivity (Wildman–Crippen MR) is 78.6 cm³/mol. The molecule has 0 saturated carbocycles. The fourth-order valence-electron chi connectivity index (χ4n) is 2.53. The highest BCUT2D eigenvalue weighted by Crippen LogP contribution is 2.36. The van der Waals surface area contributed by atoms with Crippen molar-refractivity contribution in [2.24, 2.45) is 0 Å². The topological polar surface area (TPSA) is 54.0 Å². The van der Waals surface area contributed by atoms with Crippen molar-refractivity contribution >= 4 is 0 Å². The van der Waals surface area contributed by atoms with Crippen LogP contribution in [0.3, 0.4) is 0 Å². The summed E-state index contributed by atoms with van der Waals surface area (Å²) in [6.45, 7) is 5.24. The van der Waals surface area contributed by atoms with Crippen molar-refractivity contribution in [3.63, 3.8) is 0 Å². The summed E-state index contributed by atoms with van der Waals surface area (Å²) in [5.41, 5.74) is 1.04. The summed E-state index contributed by atoms with van der Waals surface area (Å²) in [5, 5.41) is 13.3.